The van der Waals surface area contributed by atoms with E-state index in [1.54, 1.807) is 4.90 Å². The molecule has 0 aromatic heterocycles. The van der Waals surface area contributed by atoms with Gasteiger partial charge in [0.15, 0.2) is 0 Å². The van der Waals surface area contributed by atoms with Crippen LogP contribution in [0.15, 0.2) is 24.3 Å². The largest absolute Gasteiger partial charge is 0.375 e. The molecule has 1 heterocycles. The standard InChI is InChI=1S/C20H28N2O3/c1-15-5-3-6-16(11-15)12-20(8-9-20)21-19(24)17-7-4-10-22(13-17)18(23)14-25-2/h3,5-6,11,17H,4,7-10,12-14H2,1-2H3,(H,21,24)/t17-/m0/s1. The normalized spacial score (nSPS) is 21.7. The smallest absolute Gasteiger partial charge is 0.248 e. The van der Waals surface area contributed by atoms with Gasteiger partial charge in [-0.2, -0.15) is 0 Å². The van der Waals surface area contributed by atoms with E-state index < -0.39 is 0 Å². The van der Waals surface area contributed by atoms with Crippen LogP contribution in [0.25, 0.3) is 0 Å². The Bertz CT molecular complexity index is 640. The Morgan fingerprint density at radius 2 is 2.16 bits per heavy atom. The number of carbonyl (C=O) groups is 2. The van der Waals surface area contributed by atoms with Crippen LogP contribution in [0, 0.1) is 12.8 Å². The number of hydrogen-bond donors (Lipinski definition) is 1. The maximum Gasteiger partial charge on any atom is 0.248 e. The fraction of sp³-hybridized carbons (Fsp3) is 0.600. The number of nitrogens with one attached hydrogen (secondary N) is 1. The maximum absolute atomic E-state index is 12.8. The molecule has 136 valence electrons. The Labute approximate surface area is 149 Å². The Morgan fingerprint density at radius 3 is 2.84 bits per heavy atom. The van der Waals surface area contributed by atoms with E-state index in [1.165, 1.54) is 18.2 Å². The van der Waals surface area contributed by atoms with Gasteiger partial charge < -0.3 is 15.0 Å². The lowest BCUT2D eigenvalue weighted by atomic mass is 9.95. The summed E-state index contributed by atoms with van der Waals surface area (Å²) < 4.78 is 4.93. The Hall–Kier alpha value is -1.88. The second-order valence-electron chi connectivity index (χ2n) is 7.55. The first-order valence-electron chi connectivity index (χ1n) is 9.16. The lowest BCUT2D eigenvalue weighted by Crippen LogP contribution is -2.49. The van der Waals surface area contributed by atoms with Crippen LogP contribution in [-0.4, -0.2) is 49.1 Å². The average molecular weight is 344 g/mol. The summed E-state index contributed by atoms with van der Waals surface area (Å²) in [5.41, 5.74) is 2.45. The molecule has 0 radical (unpaired) electrons. The molecule has 5 nitrogen and oxygen atoms in total. The van der Waals surface area contributed by atoms with Crippen molar-refractivity contribution in [2.24, 2.45) is 5.92 Å². The highest BCUT2D eigenvalue weighted by Gasteiger charge is 2.45. The van der Waals surface area contributed by atoms with E-state index in [1.807, 2.05) is 0 Å². The number of ether oxygens (including phenoxy) is 1. The molecule has 5 heteroatoms. The molecule has 3 rings (SSSR count). The molecule has 1 aromatic rings. The van der Waals surface area contributed by atoms with E-state index in [2.05, 4.69) is 36.5 Å². The topological polar surface area (TPSA) is 58.6 Å². The minimum atomic E-state index is -0.107. The molecule has 0 bridgehead atoms. The highest BCUT2D eigenvalue weighted by molar-refractivity contribution is 5.82. The van der Waals surface area contributed by atoms with E-state index in [-0.39, 0.29) is 29.9 Å². The van der Waals surface area contributed by atoms with Crippen molar-refractivity contribution in [3.63, 3.8) is 0 Å². The van der Waals surface area contributed by atoms with E-state index in [0.29, 0.717) is 6.54 Å². The number of benzene rings is 1. The van der Waals surface area contributed by atoms with Gasteiger partial charge in [-0.3, -0.25) is 9.59 Å². The monoisotopic (exact) mass is 344 g/mol. The number of piperidine rings is 1. The fourth-order valence-electron chi connectivity index (χ4n) is 3.71. The van der Waals surface area contributed by atoms with Crippen molar-refractivity contribution >= 4 is 11.8 Å². The van der Waals surface area contributed by atoms with Crippen LogP contribution in [0.5, 0.6) is 0 Å². The van der Waals surface area contributed by atoms with Gasteiger partial charge in [0.05, 0.1) is 5.92 Å². The van der Waals surface area contributed by atoms with Gasteiger partial charge in [0.25, 0.3) is 0 Å². The van der Waals surface area contributed by atoms with Crippen LogP contribution in [0.1, 0.15) is 36.8 Å². The first-order chi connectivity index (χ1) is 12.0. The molecular weight excluding hydrogens is 316 g/mol. The number of rotatable bonds is 6. The predicted molar refractivity (Wildman–Crippen MR) is 96.2 cm³/mol. The van der Waals surface area contributed by atoms with Gasteiger partial charge in [0, 0.05) is 25.7 Å². The molecule has 1 aliphatic carbocycles. The van der Waals surface area contributed by atoms with Crippen LogP contribution >= 0.6 is 0 Å². The van der Waals surface area contributed by atoms with Gasteiger partial charge in [0.1, 0.15) is 6.61 Å². The van der Waals surface area contributed by atoms with Gasteiger partial charge >= 0.3 is 0 Å². The summed E-state index contributed by atoms with van der Waals surface area (Å²) in [7, 11) is 1.52. The Kier molecular flexibility index (Phi) is 5.42. The molecule has 2 fully saturated rings. The van der Waals surface area contributed by atoms with Crippen molar-refractivity contribution in [2.75, 3.05) is 26.8 Å². The van der Waals surface area contributed by atoms with Gasteiger partial charge in [-0.15, -0.1) is 0 Å². The van der Waals surface area contributed by atoms with Crippen LogP contribution in [-0.2, 0) is 20.7 Å². The van der Waals surface area contributed by atoms with Gasteiger partial charge in [0.2, 0.25) is 11.8 Å². The first-order valence-corrected chi connectivity index (χ1v) is 9.16. The Morgan fingerprint density at radius 1 is 1.36 bits per heavy atom. The van der Waals surface area contributed by atoms with E-state index in [0.717, 1.165) is 38.6 Å². The molecule has 0 spiro atoms. The molecule has 0 unspecified atom stereocenters. The number of carbonyl (C=O) groups excluding carboxylic acids is 2. The number of nitrogens with zero attached hydrogens (tertiary/aromatic N) is 1. The third-order valence-electron chi connectivity index (χ3n) is 5.28. The summed E-state index contributed by atoms with van der Waals surface area (Å²) in [6, 6.07) is 8.49. The summed E-state index contributed by atoms with van der Waals surface area (Å²) in [4.78, 5) is 26.5. The molecular formula is C20H28N2O3. The third kappa shape index (κ3) is 4.60. The summed E-state index contributed by atoms with van der Waals surface area (Å²) in [6.45, 7) is 3.41. The molecule has 1 aromatic carbocycles. The lowest BCUT2D eigenvalue weighted by molar-refractivity contribution is -0.139. The zero-order valence-electron chi connectivity index (χ0n) is 15.2. The van der Waals surface area contributed by atoms with Crippen molar-refractivity contribution in [2.45, 2.75) is 44.6 Å². The second-order valence-corrected chi connectivity index (χ2v) is 7.55. The highest BCUT2D eigenvalue weighted by atomic mass is 16.5. The van der Waals surface area contributed by atoms with Crippen LogP contribution < -0.4 is 5.32 Å². The maximum atomic E-state index is 12.8. The average Bonchev–Trinajstić information content (AvgIpc) is 3.34. The second kappa shape index (κ2) is 7.56. The summed E-state index contributed by atoms with van der Waals surface area (Å²) in [5, 5.41) is 3.29. The number of aryl methyl sites for hydroxylation is 1. The van der Waals surface area contributed by atoms with E-state index in [4.69, 9.17) is 4.74 Å². The van der Waals surface area contributed by atoms with Crippen LogP contribution in [0.2, 0.25) is 0 Å². The SMILES string of the molecule is COCC(=O)N1CCC[C@H](C(=O)NC2(Cc3cccc(C)c3)CC2)C1. The Balaban J connectivity index is 1.57. The van der Waals surface area contributed by atoms with E-state index >= 15 is 0 Å². The summed E-state index contributed by atoms with van der Waals surface area (Å²) >= 11 is 0. The summed E-state index contributed by atoms with van der Waals surface area (Å²) in [6.07, 6.45) is 4.68. The molecule has 1 aliphatic heterocycles. The molecule has 1 saturated heterocycles. The number of amides is 2. The third-order valence-corrected chi connectivity index (χ3v) is 5.28. The minimum Gasteiger partial charge on any atom is -0.375 e. The van der Waals surface area contributed by atoms with Crippen LogP contribution in [0.3, 0.4) is 0 Å². The molecule has 2 amide bonds. The van der Waals surface area contributed by atoms with Gasteiger partial charge in [-0.25, -0.2) is 0 Å². The van der Waals surface area contributed by atoms with Crippen molar-refractivity contribution in [3.8, 4) is 0 Å². The first kappa shape index (κ1) is 17.9. The lowest BCUT2D eigenvalue weighted by Gasteiger charge is -2.33. The molecule has 1 saturated carbocycles. The molecule has 1 N–H and O–H groups in total. The van der Waals surface area contributed by atoms with E-state index in [9.17, 15) is 9.59 Å². The molecule has 1 atom stereocenters. The number of methoxy groups -OCH3 is 1. The van der Waals surface area contributed by atoms with Gasteiger partial charge in [-0.05, 0) is 44.6 Å². The quantitative estimate of drug-likeness (QED) is 0.859. The van der Waals surface area contributed by atoms with Crippen molar-refractivity contribution in [1.29, 1.82) is 0 Å². The predicted octanol–water partition coefficient (Wildman–Crippen LogP) is 2.07. The van der Waals surface area contributed by atoms with Crippen molar-refractivity contribution in [3.05, 3.63) is 35.4 Å². The molecule has 25 heavy (non-hydrogen) atoms. The zero-order valence-corrected chi connectivity index (χ0v) is 15.2. The van der Waals surface area contributed by atoms with Crippen molar-refractivity contribution in [1.82, 2.24) is 10.2 Å². The fourth-order valence-corrected chi connectivity index (χ4v) is 3.71. The van der Waals surface area contributed by atoms with Crippen LogP contribution in [0.4, 0.5) is 0 Å². The number of hydrogen-bond acceptors (Lipinski definition) is 3. The minimum absolute atomic E-state index is 0.0269. The molecule has 2 aliphatic rings. The zero-order chi connectivity index (χ0) is 17.9. The summed E-state index contributed by atoms with van der Waals surface area (Å²) in [5.74, 6) is -0.0366. The highest BCUT2D eigenvalue weighted by Crippen LogP contribution is 2.39. The van der Waals surface area contributed by atoms with Crippen molar-refractivity contribution < 1.29 is 14.3 Å². The van der Waals surface area contributed by atoms with Gasteiger partial charge in [-0.1, -0.05) is 29.8 Å². The number of likely N-dealkylation sites (tertiary alicyclic amines) is 1.